The second-order valence-corrected chi connectivity index (χ2v) is 3.68. The van der Waals surface area contributed by atoms with Crippen LogP contribution in [0.2, 0.25) is 0 Å². The minimum atomic E-state index is -0.537. The Morgan fingerprint density at radius 3 is 2.55 bits per heavy atom. The van der Waals surface area contributed by atoms with Gasteiger partial charge in [0.15, 0.2) is 0 Å². The van der Waals surface area contributed by atoms with Crippen LogP contribution in [0, 0.1) is 0 Å². The van der Waals surface area contributed by atoms with Gasteiger partial charge in [-0.3, -0.25) is 4.79 Å². The van der Waals surface area contributed by atoms with Gasteiger partial charge in [-0.1, -0.05) is 0 Å². The van der Waals surface area contributed by atoms with E-state index in [9.17, 15) is 9.59 Å². The van der Waals surface area contributed by atoms with E-state index < -0.39 is 12.0 Å². The molecule has 0 atom stereocenters. The van der Waals surface area contributed by atoms with Gasteiger partial charge in [0.05, 0.1) is 26.5 Å². The van der Waals surface area contributed by atoms with Crippen molar-refractivity contribution in [3.63, 3.8) is 0 Å². The first-order chi connectivity index (χ1) is 9.60. The lowest BCUT2D eigenvalue weighted by atomic mass is 10.2. The molecule has 20 heavy (non-hydrogen) atoms. The van der Waals surface area contributed by atoms with E-state index in [1.165, 1.54) is 14.2 Å². The summed E-state index contributed by atoms with van der Waals surface area (Å²) in [5, 5.41) is 4.95. The van der Waals surface area contributed by atoms with Crippen molar-refractivity contribution in [1.29, 1.82) is 0 Å². The van der Waals surface area contributed by atoms with Crippen molar-refractivity contribution >= 4 is 17.7 Å². The summed E-state index contributed by atoms with van der Waals surface area (Å²) in [6.45, 7) is 1.76. The van der Waals surface area contributed by atoms with Crippen molar-refractivity contribution in [3.05, 3.63) is 18.2 Å². The molecule has 0 unspecified atom stereocenters. The fourth-order valence-corrected chi connectivity index (χ4v) is 1.44. The summed E-state index contributed by atoms with van der Waals surface area (Å²) in [5.41, 5.74) is 0.438. The zero-order chi connectivity index (χ0) is 15.0. The third-order valence-corrected chi connectivity index (χ3v) is 2.35. The average Bonchev–Trinajstić information content (AvgIpc) is 2.45. The number of benzene rings is 1. The van der Waals surface area contributed by atoms with Crippen molar-refractivity contribution in [3.8, 4) is 11.5 Å². The zero-order valence-electron chi connectivity index (χ0n) is 11.7. The van der Waals surface area contributed by atoms with Crippen LogP contribution >= 0.6 is 0 Å². The first-order valence-electron chi connectivity index (χ1n) is 6.03. The number of nitrogens with one attached hydrogen (secondary N) is 2. The van der Waals surface area contributed by atoms with E-state index in [0.717, 1.165) is 0 Å². The number of methoxy groups -OCH3 is 2. The van der Waals surface area contributed by atoms with Crippen LogP contribution in [-0.4, -0.2) is 39.4 Å². The van der Waals surface area contributed by atoms with Crippen molar-refractivity contribution in [2.75, 3.05) is 32.7 Å². The standard InChI is InChI=1S/C13H18N2O5/c1-4-20-12(16)8-14-13(17)15-10-7-9(18-2)5-6-11(10)19-3/h5-7H,4,8H2,1-3H3,(H2,14,15,17). The van der Waals surface area contributed by atoms with Crippen molar-refractivity contribution in [1.82, 2.24) is 5.32 Å². The van der Waals surface area contributed by atoms with Crippen LogP contribution in [0.15, 0.2) is 18.2 Å². The Bertz CT molecular complexity index is 476. The molecule has 0 aromatic heterocycles. The quantitative estimate of drug-likeness (QED) is 0.770. The third-order valence-electron chi connectivity index (χ3n) is 2.35. The van der Waals surface area contributed by atoms with Crippen molar-refractivity contribution < 1.29 is 23.8 Å². The van der Waals surface area contributed by atoms with E-state index in [1.54, 1.807) is 25.1 Å². The molecule has 0 bridgehead atoms. The zero-order valence-corrected chi connectivity index (χ0v) is 11.7. The van der Waals surface area contributed by atoms with E-state index in [2.05, 4.69) is 10.6 Å². The highest BCUT2D eigenvalue weighted by Crippen LogP contribution is 2.28. The van der Waals surface area contributed by atoms with Gasteiger partial charge in [-0.25, -0.2) is 4.79 Å². The topological polar surface area (TPSA) is 85.9 Å². The predicted molar refractivity (Wildman–Crippen MR) is 73.2 cm³/mol. The third kappa shape index (κ3) is 4.68. The van der Waals surface area contributed by atoms with E-state index in [1.807, 2.05) is 0 Å². The Hall–Kier alpha value is -2.44. The van der Waals surface area contributed by atoms with Crippen LogP contribution in [0.5, 0.6) is 11.5 Å². The summed E-state index contributed by atoms with van der Waals surface area (Å²) in [4.78, 5) is 22.8. The molecule has 110 valence electrons. The number of carbonyl (C=O) groups is 2. The van der Waals surface area contributed by atoms with Crippen LogP contribution in [0.25, 0.3) is 0 Å². The molecular weight excluding hydrogens is 264 g/mol. The van der Waals surface area contributed by atoms with Crippen molar-refractivity contribution in [2.24, 2.45) is 0 Å². The molecule has 2 N–H and O–H groups in total. The first kappa shape index (κ1) is 15.6. The van der Waals surface area contributed by atoms with Gasteiger partial charge in [0.2, 0.25) is 0 Å². The molecule has 7 nitrogen and oxygen atoms in total. The summed E-state index contributed by atoms with van der Waals surface area (Å²) >= 11 is 0. The van der Waals surface area contributed by atoms with Crippen LogP contribution < -0.4 is 20.1 Å². The summed E-state index contributed by atoms with van der Waals surface area (Å²) in [7, 11) is 3.01. The fraction of sp³-hybridized carbons (Fsp3) is 0.385. The summed E-state index contributed by atoms with van der Waals surface area (Å²) in [5.74, 6) is 0.559. The highest BCUT2D eigenvalue weighted by Gasteiger charge is 2.10. The molecule has 0 saturated carbocycles. The molecule has 0 aliphatic carbocycles. The molecule has 2 amide bonds. The van der Waals surface area contributed by atoms with Gasteiger partial charge in [0, 0.05) is 6.07 Å². The van der Waals surface area contributed by atoms with Crippen LogP contribution in [0.1, 0.15) is 6.92 Å². The van der Waals surface area contributed by atoms with Gasteiger partial charge in [-0.05, 0) is 19.1 Å². The second kappa shape index (κ2) is 7.88. The Morgan fingerprint density at radius 2 is 1.95 bits per heavy atom. The maximum Gasteiger partial charge on any atom is 0.325 e. The molecule has 0 fully saturated rings. The first-order valence-corrected chi connectivity index (χ1v) is 6.03. The van der Waals surface area contributed by atoms with Gasteiger partial charge in [-0.15, -0.1) is 0 Å². The lowest BCUT2D eigenvalue weighted by Gasteiger charge is -2.12. The SMILES string of the molecule is CCOC(=O)CNC(=O)Nc1cc(OC)ccc1OC. The number of rotatable bonds is 6. The number of urea groups is 1. The van der Waals surface area contributed by atoms with E-state index in [0.29, 0.717) is 17.2 Å². The molecule has 0 spiro atoms. The Balaban J connectivity index is 2.62. The molecule has 1 rings (SSSR count). The fourth-order valence-electron chi connectivity index (χ4n) is 1.44. The normalized spacial score (nSPS) is 9.55. The Labute approximate surface area is 117 Å². The lowest BCUT2D eigenvalue weighted by molar-refractivity contribution is -0.141. The Morgan fingerprint density at radius 1 is 1.20 bits per heavy atom. The predicted octanol–water partition coefficient (Wildman–Crippen LogP) is 1.39. The average molecular weight is 282 g/mol. The largest absolute Gasteiger partial charge is 0.497 e. The smallest absolute Gasteiger partial charge is 0.325 e. The molecule has 0 aliphatic heterocycles. The number of amides is 2. The van der Waals surface area contributed by atoms with E-state index in [-0.39, 0.29) is 13.2 Å². The summed E-state index contributed by atoms with van der Waals surface area (Å²) in [6, 6.07) is 4.45. The van der Waals surface area contributed by atoms with Gasteiger partial charge in [0.1, 0.15) is 18.0 Å². The van der Waals surface area contributed by atoms with Gasteiger partial charge < -0.3 is 24.8 Å². The molecule has 7 heteroatoms. The molecule has 0 saturated heterocycles. The number of ether oxygens (including phenoxy) is 3. The number of anilines is 1. The number of esters is 1. The molecule has 0 heterocycles. The Kier molecular flexibility index (Phi) is 6.15. The van der Waals surface area contributed by atoms with Crippen molar-refractivity contribution in [2.45, 2.75) is 6.92 Å². The molecule has 1 aromatic rings. The molecule has 1 aromatic carbocycles. The molecule has 0 aliphatic rings. The highest BCUT2D eigenvalue weighted by atomic mass is 16.5. The number of carbonyl (C=O) groups excluding carboxylic acids is 2. The van der Waals surface area contributed by atoms with E-state index >= 15 is 0 Å². The van der Waals surface area contributed by atoms with E-state index in [4.69, 9.17) is 14.2 Å². The maximum absolute atomic E-state index is 11.7. The molecule has 0 radical (unpaired) electrons. The minimum absolute atomic E-state index is 0.202. The minimum Gasteiger partial charge on any atom is -0.497 e. The number of hydrogen-bond donors (Lipinski definition) is 2. The second-order valence-electron chi connectivity index (χ2n) is 3.68. The van der Waals surface area contributed by atoms with Crippen LogP contribution in [0.4, 0.5) is 10.5 Å². The van der Waals surface area contributed by atoms with Crippen LogP contribution in [0.3, 0.4) is 0 Å². The van der Waals surface area contributed by atoms with Gasteiger partial charge in [0.25, 0.3) is 0 Å². The highest BCUT2D eigenvalue weighted by molar-refractivity contribution is 5.93. The monoisotopic (exact) mass is 282 g/mol. The lowest BCUT2D eigenvalue weighted by Crippen LogP contribution is -2.34. The number of hydrogen-bond acceptors (Lipinski definition) is 5. The maximum atomic E-state index is 11.7. The molecular formula is C13H18N2O5. The summed E-state index contributed by atoms with van der Waals surface area (Å²) < 4.78 is 14.9. The summed E-state index contributed by atoms with van der Waals surface area (Å²) in [6.07, 6.45) is 0. The van der Waals surface area contributed by atoms with Gasteiger partial charge >= 0.3 is 12.0 Å². The van der Waals surface area contributed by atoms with Gasteiger partial charge in [-0.2, -0.15) is 0 Å². The van der Waals surface area contributed by atoms with Crippen LogP contribution in [-0.2, 0) is 9.53 Å².